The lowest BCUT2D eigenvalue weighted by Crippen LogP contribution is -2.62. The summed E-state index contributed by atoms with van der Waals surface area (Å²) in [6.45, 7) is 11.5. The van der Waals surface area contributed by atoms with Gasteiger partial charge in [0.1, 0.15) is 6.10 Å². The van der Waals surface area contributed by atoms with Gasteiger partial charge in [-0.25, -0.2) is 0 Å². The van der Waals surface area contributed by atoms with Crippen LogP contribution in [-0.2, 0) is 18.9 Å². The van der Waals surface area contributed by atoms with Crippen LogP contribution in [0, 0.1) is 0 Å². The van der Waals surface area contributed by atoms with E-state index in [1.807, 2.05) is 13.0 Å². The van der Waals surface area contributed by atoms with Crippen LogP contribution in [-0.4, -0.2) is 82.0 Å². The quantitative estimate of drug-likeness (QED) is 0.370. The number of fused-ring (bicyclic) bond motifs is 3. The Morgan fingerprint density at radius 3 is 2.54 bits per heavy atom. The minimum atomic E-state index is -0.909. The van der Waals surface area contributed by atoms with Gasteiger partial charge in [0.25, 0.3) is 0 Å². The second-order valence-electron chi connectivity index (χ2n) is 11.3. The van der Waals surface area contributed by atoms with Crippen LogP contribution < -0.4 is 0 Å². The lowest BCUT2D eigenvalue weighted by molar-refractivity contribution is -0.291. The summed E-state index contributed by atoms with van der Waals surface area (Å²) in [5.74, 6) is 0. The summed E-state index contributed by atoms with van der Waals surface area (Å²) >= 11 is 0. The molecule has 0 bridgehead atoms. The van der Waals surface area contributed by atoms with Gasteiger partial charge in [-0.2, -0.15) is 0 Å². The third kappa shape index (κ3) is 6.09. The van der Waals surface area contributed by atoms with Crippen LogP contribution >= 0.6 is 0 Å². The summed E-state index contributed by atoms with van der Waals surface area (Å²) in [7, 11) is 0. The minimum Gasteiger partial charge on any atom is -0.392 e. The molecule has 4 rings (SSSR count). The van der Waals surface area contributed by atoms with Gasteiger partial charge in [-0.05, 0) is 64.4 Å². The van der Waals surface area contributed by atoms with Crippen LogP contribution in [0.25, 0.3) is 0 Å². The Balaban J connectivity index is 1.46. The van der Waals surface area contributed by atoms with Gasteiger partial charge in [0.15, 0.2) is 0 Å². The van der Waals surface area contributed by atoms with Gasteiger partial charge in [-0.15, -0.1) is 0 Å². The molecule has 4 aliphatic rings. The highest BCUT2D eigenvalue weighted by atomic mass is 16.6. The molecule has 10 atom stereocenters. The van der Waals surface area contributed by atoms with Crippen molar-refractivity contribution in [1.29, 1.82) is 0 Å². The molecule has 4 saturated heterocycles. The summed E-state index contributed by atoms with van der Waals surface area (Å²) in [6, 6.07) is 0. The molecule has 3 N–H and O–H groups in total. The number of hydrogen-bond donors (Lipinski definition) is 3. The molecule has 0 saturated carbocycles. The first-order valence-corrected chi connectivity index (χ1v) is 13.2. The third-order valence-corrected chi connectivity index (χ3v) is 8.40. The fraction of sp³-hybridized carbons (Fsp3) is 0.786. The third-order valence-electron chi connectivity index (χ3n) is 8.40. The Labute approximate surface area is 209 Å². The first-order chi connectivity index (χ1) is 16.6. The number of allylic oxidation sites excluding steroid dienone is 3. The van der Waals surface area contributed by atoms with Crippen molar-refractivity contribution in [3.05, 3.63) is 37.0 Å². The van der Waals surface area contributed by atoms with Gasteiger partial charge in [-0.1, -0.05) is 31.4 Å². The molecule has 7 heteroatoms. The van der Waals surface area contributed by atoms with Crippen LogP contribution in [0.1, 0.15) is 71.6 Å². The van der Waals surface area contributed by atoms with E-state index >= 15 is 0 Å². The maximum Gasteiger partial charge on any atom is 0.111 e. The van der Waals surface area contributed by atoms with Crippen LogP contribution in [0.4, 0.5) is 0 Å². The average Bonchev–Trinajstić information content (AvgIpc) is 3.01. The van der Waals surface area contributed by atoms with E-state index in [4.69, 9.17) is 18.9 Å². The molecule has 4 fully saturated rings. The molecule has 35 heavy (non-hydrogen) atoms. The number of hydrogen-bond acceptors (Lipinski definition) is 7. The van der Waals surface area contributed by atoms with E-state index in [1.54, 1.807) is 6.08 Å². The molecule has 0 amide bonds. The standard InChI is InChI=1S/C28H44O7/c1-5-6-7-8-9-24-27(3,31)12-10-21-22(33-24)11-13-28(4)25(34-21)16-23-26(35-28)20(30)15-19(32-23)14-18(2)17-29/h5-7,19-26,29-31H,1-2,8-17H2,3-4H3/b7-6-/t19-,20+,21-,22+,23-,24-,25+,26+,27+,28-/m1/s1. The molecule has 198 valence electrons. The van der Waals surface area contributed by atoms with Crippen molar-refractivity contribution in [2.45, 2.75) is 132 Å². The monoisotopic (exact) mass is 492 g/mol. The zero-order chi connectivity index (χ0) is 25.2. The van der Waals surface area contributed by atoms with E-state index < -0.39 is 23.4 Å². The van der Waals surface area contributed by atoms with Crippen LogP contribution in [0.5, 0.6) is 0 Å². The van der Waals surface area contributed by atoms with Crippen molar-refractivity contribution >= 4 is 0 Å². The Morgan fingerprint density at radius 1 is 1.06 bits per heavy atom. The largest absolute Gasteiger partial charge is 0.392 e. The number of ether oxygens (including phenoxy) is 4. The summed E-state index contributed by atoms with van der Waals surface area (Å²) < 4.78 is 26.1. The fourth-order valence-electron chi connectivity index (χ4n) is 6.26. The van der Waals surface area contributed by atoms with Gasteiger partial charge in [-0.3, -0.25) is 0 Å². The predicted molar refractivity (Wildman–Crippen MR) is 133 cm³/mol. The molecule has 0 spiro atoms. The fourth-order valence-corrected chi connectivity index (χ4v) is 6.26. The van der Waals surface area contributed by atoms with E-state index in [9.17, 15) is 15.3 Å². The van der Waals surface area contributed by atoms with Gasteiger partial charge in [0.05, 0.1) is 60.5 Å². The van der Waals surface area contributed by atoms with Gasteiger partial charge < -0.3 is 34.3 Å². The molecule has 4 heterocycles. The van der Waals surface area contributed by atoms with E-state index in [1.165, 1.54) is 0 Å². The van der Waals surface area contributed by atoms with Crippen LogP contribution in [0.2, 0.25) is 0 Å². The molecule has 0 radical (unpaired) electrons. The maximum absolute atomic E-state index is 11.2. The Kier molecular flexibility index (Phi) is 8.58. The van der Waals surface area contributed by atoms with Crippen molar-refractivity contribution in [2.24, 2.45) is 0 Å². The maximum atomic E-state index is 11.2. The molecule has 0 unspecified atom stereocenters. The number of aliphatic hydroxyl groups is 3. The minimum absolute atomic E-state index is 0.0806. The van der Waals surface area contributed by atoms with Crippen molar-refractivity contribution in [2.75, 3.05) is 6.61 Å². The Morgan fingerprint density at radius 2 is 1.80 bits per heavy atom. The van der Waals surface area contributed by atoms with Crippen LogP contribution in [0.3, 0.4) is 0 Å². The molecule has 0 aromatic rings. The second-order valence-corrected chi connectivity index (χ2v) is 11.3. The van der Waals surface area contributed by atoms with Gasteiger partial charge >= 0.3 is 0 Å². The van der Waals surface area contributed by atoms with Crippen molar-refractivity contribution in [3.63, 3.8) is 0 Å². The summed E-state index contributed by atoms with van der Waals surface area (Å²) in [4.78, 5) is 0. The first-order valence-electron chi connectivity index (χ1n) is 13.2. The topological polar surface area (TPSA) is 97.6 Å². The molecular weight excluding hydrogens is 448 g/mol. The second kappa shape index (κ2) is 11.1. The van der Waals surface area contributed by atoms with Crippen LogP contribution in [0.15, 0.2) is 37.0 Å². The highest BCUT2D eigenvalue weighted by molar-refractivity contribution is 5.05. The summed E-state index contributed by atoms with van der Waals surface area (Å²) in [5.41, 5.74) is -0.741. The lowest BCUT2D eigenvalue weighted by atomic mass is 9.81. The zero-order valence-corrected chi connectivity index (χ0v) is 21.3. The normalized spacial score (nSPS) is 46.1. The SMILES string of the molecule is C=C/C=C\CC[C@H]1O[C@H]2CC[C@@]3(C)O[C@H]4[C@@H](O)C[C@@H](CC(=C)CO)O[C@@H]4C[C@@H]3O[C@@H]2CC[C@]1(C)O. The highest BCUT2D eigenvalue weighted by Gasteiger charge is 2.55. The molecule has 0 aromatic carbocycles. The van der Waals surface area contributed by atoms with Crippen molar-refractivity contribution < 1.29 is 34.3 Å². The predicted octanol–water partition coefficient (Wildman–Crippen LogP) is 3.36. The van der Waals surface area contributed by atoms with Crippen molar-refractivity contribution in [3.8, 4) is 0 Å². The molecule has 0 aromatic heterocycles. The molecule has 7 nitrogen and oxygen atoms in total. The summed E-state index contributed by atoms with van der Waals surface area (Å²) in [5, 5.41) is 31.4. The molecular formula is C28H44O7. The molecule has 4 aliphatic heterocycles. The van der Waals surface area contributed by atoms with Gasteiger partial charge in [0.2, 0.25) is 0 Å². The highest BCUT2D eigenvalue weighted by Crippen LogP contribution is 2.45. The first kappa shape index (κ1) is 27.0. The van der Waals surface area contributed by atoms with E-state index in [2.05, 4.69) is 26.2 Å². The number of aliphatic hydroxyl groups excluding tert-OH is 2. The van der Waals surface area contributed by atoms with Gasteiger partial charge in [0, 0.05) is 12.8 Å². The average molecular weight is 493 g/mol. The van der Waals surface area contributed by atoms with Crippen molar-refractivity contribution in [1.82, 2.24) is 0 Å². The lowest BCUT2D eigenvalue weighted by Gasteiger charge is -2.51. The zero-order valence-electron chi connectivity index (χ0n) is 21.3. The Bertz CT molecular complexity index is 779. The molecule has 0 aliphatic carbocycles. The van der Waals surface area contributed by atoms with E-state index in [-0.39, 0.29) is 43.2 Å². The van der Waals surface area contributed by atoms with E-state index in [0.29, 0.717) is 31.3 Å². The number of rotatable bonds is 7. The Hall–Kier alpha value is -1.06. The smallest absolute Gasteiger partial charge is 0.111 e. The van der Waals surface area contributed by atoms with E-state index in [0.717, 1.165) is 32.1 Å². The summed E-state index contributed by atoms with van der Waals surface area (Å²) in [6.07, 6.45) is 9.60.